The van der Waals surface area contributed by atoms with Gasteiger partial charge in [-0.3, -0.25) is 4.79 Å². The zero-order chi connectivity index (χ0) is 16.6. The number of carbonyl (C=O) groups excluding carboxylic acids is 2. The van der Waals surface area contributed by atoms with Crippen molar-refractivity contribution in [3.8, 4) is 0 Å². The topological polar surface area (TPSA) is 67.4 Å². The van der Waals surface area contributed by atoms with Crippen molar-refractivity contribution < 1.29 is 14.3 Å². The van der Waals surface area contributed by atoms with Crippen LogP contribution < -0.4 is 10.6 Å². The molecule has 0 bridgehead atoms. The lowest BCUT2D eigenvalue weighted by atomic mass is 10.2. The summed E-state index contributed by atoms with van der Waals surface area (Å²) in [5.74, 6) is -0.586. The van der Waals surface area contributed by atoms with Gasteiger partial charge in [-0.15, -0.1) is 0 Å². The fraction of sp³-hybridized carbons (Fsp3) is 0.529. The molecule has 0 aliphatic heterocycles. The van der Waals surface area contributed by atoms with Gasteiger partial charge in [0.05, 0.1) is 0 Å². The summed E-state index contributed by atoms with van der Waals surface area (Å²) in [5, 5.41) is 5.84. The second kappa shape index (κ2) is 8.54. The molecule has 0 aromatic heterocycles. The van der Waals surface area contributed by atoms with E-state index in [1.165, 1.54) is 5.56 Å². The second-order valence-corrected chi connectivity index (χ2v) is 6.24. The predicted octanol–water partition coefficient (Wildman–Crippen LogP) is 2.01. The van der Waals surface area contributed by atoms with E-state index in [1.807, 2.05) is 30.3 Å². The van der Waals surface area contributed by atoms with Crippen LogP contribution in [0.25, 0.3) is 0 Å². The molecule has 1 atom stereocenters. The van der Waals surface area contributed by atoms with E-state index < -0.39 is 17.6 Å². The largest absolute Gasteiger partial charge is 0.458 e. The summed E-state index contributed by atoms with van der Waals surface area (Å²) in [6.07, 6.45) is 0.319. The summed E-state index contributed by atoms with van der Waals surface area (Å²) in [5.41, 5.74) is 0.623. The summed E-state index contributed by atoms with van der Waals surface area (Å²) in [6.45, 7) is 8.30. The first kappa shape index (κ1) is 18.2. The molecular weight excluding hydrogens is 280 g/mol. The van der Waals surface area contributed by atoms with Gasteiger partial charge in [0, 0.05) is 19.5 Å². The molecule has 122 valence electrons. The van der Waals surface area contributed by atoms with Crippen molar-refractivity contribution in [1.82, 2.24) is 10.6 Å². The van der Waals surface area contributed by atoms with E-state index >= 15 is 0 Å². The zero-order valence-corrected chi connectivity index (χ0v) is 13.8. The minimum atomic E-state index is -0.638. The van der Waals surface area contributed by atoms with Gasteiger partial charge >= 0.3 is 5.97 Å². The Labute approximate surface area is 132 Å². The van der Waals surface area contributed by atoms with Crippen LogP contribution in [0.15, 0.2) is 30.3 Å². The van der Waals surface area contributed by atoms with Crippen molar-refractivity contribution in [3.05, 3.63) is 35.9 Å². The molecule has 0 spiro atoms. The van der Waals surface area contributed by atoms with E-state index in [0.717, 1.165) is 6.54 Å². The van der Waals surface area contributed by atoms with E-state index in [-0.39, 0.29) is 5.91 Å². The third-order valence-corrected chi connectivity index (χ3v) is 2.84. The van der Waals surface area contributed by atoms with Crippen molar-refractivity contribution in [1.29, 1.82) is 0 Å². The van der Waals surface area contributed by atoms with Crippen LogP contribution in [0.2, 0.25) is 0 Å². The average molecular weight is 306 g/mol. The Hall–Kier alpha value is -1.88. The Morgan fingerprint density at radius 1 is 1.18 bits per heavy atom. The number of nitrogens with one attached hydrogen (secondary N) is 2. The normalized spacial score (nSPS) is 12.5. The number of hydrogen-bond acceptors (Lipinski definition) is 4. The van der Waals surface area contributed by atoms with Crippen LogP contribution in [0.1, 0.15) is 39.7 Å². The van der Waals surface area contributed by atoms with Gasteiger partial charge in [-0.25, -0.2) is 4.79 Å². The van der Waals surface area contributed by atoms with E-state index in [9.17, 15) is 9.59 Å². The van der Waals surface area contributed by atoms with Gasteiger partial charge in [-0.2, -0.15) is 0 Å². The first-order valence-electron chi connectivity index (χ1n) is 7.55. The lowest BCUT2D eigenvalue weighted by molar-refractivity contribution is -0.158. The number of amides is 1. The van der Waals surface area contributed by atoms with Gasteiger partial charge in [0.1, 0.15) is 11.6 Å². The Bertz CT molecular complexity index is 480. The monoisotopic (exact) mass is 306 g/mol. The van der Waals surface area contributed by atoms with Crippen molar-refractivity contribution in [3.63, 3.8) is 0 Å². The molecule has 5 nitrogen and oxygen atoms in total. The number of benzene rings is 1. The predicted molar refractivity (Wildman–Crippen MR) is 86.2 cm³/mol. The minimum Gasteiger partial charge on any atom is -0.458 e. The van der Waals surface area contributed by atoms with E-state index in [1.54, 1.807) is 27.7 Å². The van der Waals surface area contributed by atoms with Crippen LogP contribution in [0.4, 0.5) is 0 Å². The number of carbonyl (C=O) groups is 2. The lowest BCUT2D eigenvalue weighted by Gasteiger charge is -2.22. The molecule has 2 N–H and O–H groups in total. The lowest BCUT2D eigenvalue weighted by Crippen LogP contribution is -2.42. The highest BCUT2D eigenvalue weighted by Gasteiger charge is 2.22. The molecule has 0 saturated heterocycles. The van der Waals surface area contributed by atoms with Crippen molar-refractivity contribution in [2.24, 2.45) is 0 Å². The number of esters is 1. The van der Waals surface area contributed by atoms with Crippen LogP contribution in [-0.4, -0.2) is 30.1 Å². The fourth-order valence-electron chi connectivity index (χ4n) is 1.79. The van der Waals surface area contributed by atoms with Crippen LogP contribution in [0.3, 0.4) is 0 Å². The molecule has 0 heterocycles. The van der Waals surface area contributed by atoms with Crippen molar-refractivity contribution in [2.45, 2.75) is 52.3 Å². The Kier molecular flexibility index (Phi) is 7.05. The van der Waals surface area contributed by atoms with Crippen LogP contribution >= 0.6 is 0 Å². The van der Waals surface area contributed by atoms with Crippen LogP contribution in [0.5, 0.6) is 0 Å². The number of rotatable bonds is 7. The summed E-state index contributed by atoms with van der Waals surface area (Å²) in [6, 6.07) is 9.34. The first-order chi connectivity index (χ1) is 10.3. The van der Waals surface area contributed by atoms with E-state index in [2.05, 4.69) is 10.6 Å². The maximum atomic E-state index is 11.8. The van der Waals surface area contributed by atoms with Crippen LogP contribution in [0, 0.1) is 0 Å². The highest BCUT2D eigenvalue weighted by atomic mass is 16.6. The molecule has 0 aliphatic rings. The number of hydrogen-bond donors (Lipinski definition) is 2. The standard InChI is InChI=1S/C17H26N2O3/c1-13(16(21)22-17(2,3)4)19-15(20)10-11-18-12-14-8-6-5-7-9-14/h5-9,13,18H,10-12H2,1-4H3,(H,19,20)/t13-/m0/s1. The van der Waals surface area contributed by atoms with Gasteiger partial charge in [0.25, 0.3) is 0 Å². The summed E-state index contributed by atoms with van der Waals surface area (Å²) >= 11 is 0. The van der Waals surface area contributed by atoms with Gasteiger partial charge in [-0.1, -0.05) is 30.3 Å². The summed E-state index contributed by atoms with van der Waals surface area (Å²) in [4.78, 5) is 23.5. The van der Waals surface area contributed by atoms with Crippen molar-refractivity contribution >= 4 is 11.9 Å². The molecule has 0 fully saturated rings. The first-order valence-corrected chi connectivity index (χ1v) is 7.55. The Balaban J connectivity index is 2.21. The summed E-state index contributed by atoms with van der Waals surface area (Å²) < 4.78 is 5.21. The second-order valence-electron chi connectivity index (χ2n) is 6.24. The Morgan fingerprint density at radius 3 is 2.41 bits per heavy atom. The molecule has 1 rings (SSSR count). The average Bonchev–Trinajstić information content (AvgIpc) is 2.43. The quantitative estimate of drug-likeness (QED) is 0.597. The third-order valence-electron chi connectivity index (χ3n) is 2.84. The molecule has 0 unspecified atom stereocenters. The third kappa shape index (κ3) is 7.78. The molecule has 1 aromatic carbocycles. The smallest absolute Gasteiger partial charge is 0.328 e. The maximum Gasteiger partial charge on any atom is 0.328 e. The summed E-state index contributed by atoms with van der Waals surface area (Å²) in [7, 11) is 0. The molecule has 5 heteroatoms. The van der Waals surface area contributed by atoms with Crippen LogP contribution in [-0.2, 0) is 20.9 Å². The van der Waals surface area contributed by atoms with Gasteiger partial charge < -0.3 is 15.4 Å². The van der Waals surface area contributed by atoms with Gasteiger partial charge in [0.2, 0.25) is 5.91 Å². The van der Waals surface area contributed by atoms with Gasteiger partial charge in [-0.05, 0) is 33.3 Å². The molecule has 0 aliphatic carbocycles. The number of ether oxygens (including phenoxy) is 1. The van der Waals surface area contributed by atoms with E-state index in [4.69, 9.17) is 4.74 Å². The molecule has 0 saturated carbocycles. The highest BCUT2D eigenvalue weighted by Crippen LogP contribution is 2.08. The maximum absolute atomic E-state index is 11.8. The van der Waals surface area contributed by atoms with Gasteiger partial charge in [0.15, 0.2) is 0 Å². The van der Waals surface area contributed by atoms with E-state index in [0.29, 0.717) is 13.0 Å². The SMILES string of the molecule is C[C@H](NC(=O)CCNCc1ccccc1)C(=O)OC(C)(C)C. The minimum absolute atomic E-state index is 0.168. The molecule has 1 amide bonds. The molecule has 22 heavy (non-hydrogen) atoms. The molecular formula is C17H26N2O3. The molecule has 1 aromatic rings. The molecule has 0 radical (unpaired) electrons. The Morgan fingerprint density at radius 2 is 1.82 bits per heavy atom. The van der Waals surface area contributed by atoms with Crippen molar-refractivity contribution in [2.75, 3.05) is 6.54 Å². The fourth-order valence-corrected chi connectivity index (χ4v) is 1.79. The zero-order valence-electron chi connectivity index (χ0n) is 13.8. The highest BCUT2D eigenvalue weighted by molar-refractivity contribution is 5.84.